The van der Waals surface area contributed by atoms with Crippen molar-refractivity contribution in [3.63, 3.8) is 0 Å². The molecule has 1 amide bonds. The van der Waals surface area contributed by atoms with Crippen LogP contribution in [0.3, 0.4) is 0 Å². The van der Waals surface area contributed by atoms with Gasteiger partial charge in [-0.2, -0.15) is 0 Å². The molecule has 0 aromatic carbocycles. The van der Waals surface area contributed by atoms with E-state index in [0.29, 0.717) is 18.8 Å². The third-order valence-electron chi connectivity index (χ3n) is 3.28. The van der Waals surface area contributed by atoms with Crippen LogP contribution in [0.5, 0.6) is 0 Å². The lowest BCUT2D eigenvalue weighted by Gasteiger charge is -2.29. The van der Waals surface area contributed by atoms with Crippen LogP contribution in [-0.2, 0) is 4.79 Å². The van der Waals surface area contributed by atoms with Crippen molar-refractivity contribution in [1.29, 1.82) is 0 Å². The molecule has 0 fully saturated rings. The lowest BCUT2D eigenvalue weighted by Crippen LogP contribution is -2.39. The quantitative estimate of drug-likeness (QED) is 0.487. The molecule has 0 aliphatic heterocycles. The fraction of sp³-hybridized carbons (Fsp3) is 0.917. The molecule has 0 unspecified atom stereocenters. The summed E-state index contributed by atoms with van der Waals surface area (Å²) < 4.78 is 0. The maximum atomic E-state index is 11.5. The van der Waals surface area contributed by atoms with Gasteiger partial charge in [-0.3, -0.25) is 4.79 Å². The van der Waals surface area contributed by atoms with Crippen molar-refractivity contribution in [2.75, 3.05) is 19.0 Å². The van der Waals surface area contributed by atoms with Gasteiger partial charge in [0.15, 0.2) is 0 Å². The van der Waals surface area contributed by atoms with Crippen LogP contribution in [0, 0.1) is 5.41 Å². The molecule has 0 aromatic rings. The number of unbranched alkanes of at least 4 members (excludes halogenated alkanes) is 1. The lowest BCUT2D eigenvalue weighted by atomic mass is 9.83. The highest BCUT2D eigenvalue weighted by molar-refractivity contribution is 6.17. The Bertz CT molecular complexity index is 185. The zero-order chi connectivity index (χ0) is 12.4. The molecule has 0 radical (unpaired) electrons. The van der Waals surface area contributed by atoms with Crippen molar-refractivity contribution in [3.8, 4) is 0 Å². The number of carbonyl (C=O) groups is 1. The average Bonchev–Trinajstić information content (AvgIpc) is 2.32. The molecular weight excluding hydrogens is 226 g/mol. The Kier molecular flexibility index (Phi) is 8.67. The Labute approximate surface area is 104 Å². The standard InChI is InChI=1S/C12H24ClNO2/c1-3-12(4-2,10-15)9-14-11(16)7-5-6-8-13/h15H,3-10H2,1-2H3,(H,14,16). The molecule has 0 aliphatic carbocycles. The molecule has 0 aromatic heterocycles. The molecule has 0 heterocycles. The fourth-order valence-electron chi connectivity index (χ4n) is 1.53. The number of aliphatic hydroxyl groups excluding tert-OH is 1. The molecule has 0 saturated carbocycles. The summed E-state index contributed by atoms with van der Waals surface area (Å²) in [5, 5.41) is 12.2. The van der Waals surface area contributed by atoms with Crippen molar-refractivity contribution >= 4 is 17.5 Å². The molecule has 0 atom stereocenters. The zero-order valence-corrected chi connectivity index (χ0v) is 11.1. The Balaban J connectivity index is 3.87. The fourth-order valence-corrected chi connectivity index (χ4v) is 1.72. The van der Waals surface area contributed by atoms with Gasteiger partial charge in [0.2, 0.25) is 5.91 Å². The highest BCUT2D eigenvalue weighted by Crippen LogP contribution is 2.24. The first kappa shape index (κ1) is 15.7. The first-order chi connectivity index (χ1) is 7.64. The Hall–Kier alpha value is -0.280. The van der Waals surface area contributed by atoms with Crippen LogP contribution in [0.25, 0.3) is 0 Å². The normalized spacial score (nSPS) is 11.5. The van der Waals surface area contributed by atoms with E-state index >= 15 is 0 Å². The Morgan fingerprint density at radius 2 is 1.94 bits per heavy atom. The maximum absolute atomic E-state index is 11.5. The van der Waals surface area contributed by atoms with Crippen molar-refractivity contribution in [2.45, 2.75) is 46.0 Å². The molecule has 0 spiro atoms. The SMILES string of the molecule is CCC(CC)(CO)CNC(=O)CCCCCl. The van der Waals surface area contributed by atoms with Crippen LogP contribution in [0.2, 0.25) is 0 Å². The highest BCUT2D eigenvalue weighted by atomic mass is 35.5. The number of rotatable bonds is 9. The number of hydrogen-bond acceptors (Lipinski definition) is 2. The highest BCUT2D eigenvalue weighted by Gasteiger charge is 2.25. The third-order valence-corrected chi connectivity index (χ3v) is 3.55. The number of aliphatic hydroxyl groups is 1. The van der Waals surface area contributed by atoms with Crippen molar-refractivity contribution < 1.29 is 9.90 Å². The number of carbonyl (C=O) groups excluding carboxylic acids is 1. The number of alkyl halides is 1. The molecule has 16 heavy (non-hydrogen) atoms. The Morgan fingerprint density at radius 1 is 1.31 bits per heavy atom. The molecular formula is C12H24ClNO2. The van der Waals surface area contributed by atoms with E-state index in [1.807, 2.05) is 13.8 Å². The minimum Gasteiger partial charge on any atom is -0.396 e. The van der Waals surface area contributed by atoms with E-state index < -0.39 is 0 Å². The minimum atomic E-state index is -0.151. The topological polar surface area (TPSA) is 49.3 Å². The summed E-state index contributed by atoms with van der Waals surface area (Å²) in [5.74, 6) is 0.669. The molecule has 96 valence electrons. The summed E-state index contributed by atoms with van der Waals surface area (Å²) in [5.41, 5.74) is -0.151. The van der Waals surface area contributed by atoms with Gasteiger partial charge < -0.3 is 10.4 Å². The minimum absolute atomic E-state index is 0.0600. The van der Waals surface area contributed by atoms with Crippen LogP contribution in [-0.4, -0.2) is 30.0 Å². The van der Waals surface area contributed by atoms with Gasteiger partial charge in [-0.05, 0) is 25.7 Å². The monoisotopic (exact) mass is 249 g/mol. The number of nitrogens with one attached hydrogen (secondary N) is 1. The van der Waals surface area contributed by atoms with Crippen LogP contribution in [0.4, 0.5) is 0 Å². The van der Waals surface area contributed by atoms with E-state index in [1.54, 1.807) is 0 Å². The predicted molar refractivity (Wildman–Crippen MR) is 67.7 cm³/mol. The van der Waals surface area contributed by atoms with Crippen molar-refractivity contribution in [3.05, 3.63) is 0 Å². The van der Waals surface area contributed by atoms with Crippen LogP contribution in [0.1, 0.15) is 46.0 Å². The van der Waals surface area contributed by atoms with E-state index in [0.717, 1.165) is 25.7 Å². The largest absolute Gasteiger partial charge is 0.396 e. The number of amides is 1. The third kappa shape index (κ3) is 5.71. The second-order valence-electron chi connectivity index (χ2n) is 4.29. The summed E-state index contributed by atoms with van der Waals surface area (Å²) >= 11 is 5.54. The van der Waals surface area contributed by atoms with Gasteiger partial charge in [0.25, 0.3) is 0 Å². The van der Waals surface area contributed by atoms with Gasteiger partial charge in [0.1, 0.15) is 0 Å². The molecule has 2 N–H and O–H groups in total. The van der Waals surface area contributed by atoms with Gasteiger partial charge in [0.05, 0.1) is 6.61 Å². The first-order valence-electron chi connectivity index (χ1n) is 6.07. The van der Waals surface area contributed by atoms with Crippen LogP contribution < -0.4 is 5.32 Å². The van der Waals surface area contributed by atoms with Gasteiger partial charge >= 0.3 is 0 Å². The first-order valence-corrected chi connectivity index (χ1v) is 6.61. The summed E-state index contributed by atoms with van der Waals surface area (Å²) in [4.78, 5) is 11.5. The summed E-state index contributed by atoms with van der Waals surface area (Å²) in [6, 6.07) is 0. The van der Waals surface area contributed by atoms with Gasteiger partial charge in [-0.25, -0.2) is 0 Å². The molecule has 0 saturated heterocycles. The van der Waals surface area contributed by atoms with E-state index in [-0.39, 0.29) is 17.9 Å². The number of hydrogen-bond donors (Lipinski definition) is 2. The maximum Gasteiger partial charge on any atom is 0.220 e. The van der Waals surface area contributed by atoms with Gasteiger partial charge in [-0.1, -0.05) is 13.8 Å². The second-order valence-corrected chi connectivity index (χ2v) is 4.67. The summed E-state index contributed by atoms with van der Waals surface area (Å²) in [6.07, 6.45) is 3.99. The van der Waals surface area contributed by atoms with Crippen LogP contribution in [0.15, 0.2) is 0 Å². The van der Waals surface area contributed by atoms with Gasteiger partial charge in [-0.15, -0.1) is 11.6 Å². The van der Waals surface area contributed by atoms with Crippen molar-refractivity contribution in [1.82, 2.24) is 5.32 Å². The second kappa shape index (κ2) is 8.82. The van der Waals surface area contributed by atoms with E-state index in [2.05, 4.69) is 5.32 Å². The molecule has 0 aliphatic rings. The van der Waals surface area contributed by atoms with E-state index in [1.165, 1.54) is 0 Å². The molecule has 0 rings (SSSR count). The predicted octanol–water partition coefficient (Wildman–Crippen LogP) is 2.31. The van der Waals surface area contributed by atoms with Crippen molar-refractivity contribution in [2.24, 2.45) is 5.41 Å². The summed E-state index contributed by atoms with van der Waals surface area (Å²) in [6.45, 7) is 4.77. The zero-order valence-electron chi connectivity index (χ0n) is 10.4. The smallest absolute Gasteiger partial charge is 0.220 e. The van der Waals surface area contributed by atoms with Crippen LogP contribution >= 0.6 is 11.6 Å². The van der Waals surface area contributed by atoms with E-state index in [4.69, 9.17) is 11.6 Å². The average molecular weight is 250 g/mol. The molecule has 4 heteroatoms. The van der Waals surface area contributed by atoms with Gasteiger partial charge in [0, 0.05) is 24.3 Å². The summed E-state index contributed by atoms with van der Waals surface area (Å²) in [7, 11) is 0. The Morgan fingerprint density at radius 3 is 2.38 bits per heavy atom. The molecule has 3 nitrogen and oxygen atoms in total. The van der Waals surface area contributed by atoms with E-state index in [9.17, 15) is 9.90 Å². The lowest BCUT2D eigenvalue weighted by molar-refractivity contribution is -0.121. The number of halogens is 1. The molecule has 0 bridgehead atoms.